The third-order valence-electron chi connectivity index (χ3n) is 12.8. The molecule has 11 heteroatoms. The molecular weight excluding hydrogens is 895 g/mol. The third kappa shape index (κ3) is 6.88. The van der Waals surface area contributed by atoms with E-state index in [0.717, 1.165) is 54.9 Å². The number of benzene rings is 4. The van der Waals surface area contributed by atoms with Gasteiger partial charge in [0, 0.05) is 0 Å². The number of amidine groups is 4. The summed E-state index contributed by atoms with van der Waals surface area (Å²) in [6.07, 6.45) is 1.57. The van der Waals surface area contributed by atoms with E-state index in [0.29, 0.717) is 51.7 Å². The number of allylic oxidation sites excluding steroid dienone is 2. The molecule has 10 nitrogen and oxygen atoms in total. The van der Waals surface area contributed by atoms with Gasteiger partial charge in [0.2, 0.25) is 0 Å². The SMILES string of the molecule is CC(=O)/C=C(\C)[O][In]1[n]2c3c4cc(C(C)(C)C)ccc4c2N=C2N=C(N=c4c5cc(C(C)(C)C)ccc5c([n]41)=NC1=NC(=N3)c3ccc(C(C)(C)C)cc31)c1ccc(C(C)(C)C)cc12. The first kappa shape index (κ1) is 42.3. The first-order valence-corrected chi connectivity index (χ1v) is 26.6. The number of ketones is 1. The van der Waals surface area contributed by atoms with Gasteiger partial charge >= 0.3 is 386 Å². The van der Waals surface area contributed by atoms with Gasteiger partial charge in [0.05, 0.1) is 0 Å². The zero-order valence-electron chi connectivity index (χ0n) is 39.5. The van der Waals surface area contributed by atoms with E-state index < -0.39 is 22.4 Å². The van der Waals surface area contributed by atoms with Crippen molar-refractivity contribution in [2.24, 2.45) is 30.0 Å². The number of aromatic nitrogens is 2. The third-order valence-corrected chi connectivity index (χ3v) is 19.8. The molecule has 0 unspecified atom stereocenters. The van der Waals surface area contributed by atoms with Gasteiger partial charge in [-0.25, -0.2) is 0 Å². The zero-order chi connectivity index (χ0) is 45.6. The van der Waals surface area contributed by atoms with E-state index in [9.17, 15) is 4.79 Å². The normalized spacial score (nSPS) is 15.8. The molecule has 10 rings (SSSR count). The molecule has 2 aromatic heterocycles. The van der Waals surface area contributed by atoms with Crippen molar-refractivity contribution < 1.29 is 7.65 Å². The van der Waals surface area contributed by atoms with Crippen molar-refractivity contribution in [3.05, 3.63) is 140 Å². The van der Waals surface area contributed by atoms with Crippen LogP contribution >= 0.6 is 0 Å². The molecule has 0 radical (unpaired) electrons. The van der Waals surface area contributed by atoms with E-state index in [1.54, 1.807) is 13.0 Å². The Morgan fingerprint density at radius 2 is 0.875 bits per heavy atom. The summed E-state index contributed by atoms with van der Waals surface area (Å²) in [4.78, 5) is 46.0. The van der Waals surface area contributed by atoms with Crippen LogP contribution in [0.25, 0.3) is 21.5 Å². The maximum absolute atomic E-state index is 12.8. The predicted octanol–water partition coefficient (Wildman–Crippen LogP) is 10.6. The number of rotatable bonds is 3. The molecule has 4 aromatic carbocycles. The minimum absolute atomic E-state index is 0.101. The molecule has 0 aliphatic carbocycles. The van der Waals surface area contributed by atoms with E-state index in [1.807, 2.05) is 6.92 Å². The monoisotopic (exact) mass is 950 g/mol. The Kier molecular flexibility index (Phi) is 9.35. The molecule has 0 saturated carbocycles. The van der Waals surface area contributed by atoms with Crippen LogP contribution in [0.5, 0.6) is 0 Å². The van der Waals surface area contributed by atoms with Crippen molar-refractivity contribution in [1.82, 2.24) is 5.11 Å². The number of aliphatic imine (C=N–C) groups is 4. The second kappa shape index (κ2) is 14.2. The van der Waals surface area contributed by atoms with E-state index >= 15 is 0 Å². The molecule has 6 heterocycles. The van der Waals surface area contributed by atoms with Crippen LogP contribution in [0.2, 0.25) is 0 Å². The second-order valence-electron chi connectivity index (χ2n) is 21.9. The summed E-state index contributed by atoms with van der Waals surface area (Å²) in [6, 6.07) is 26.4. The number of carbonyl (C=O) groups excluding carboxylic acids is 1. The summed E-state index contributed by atoms with van der Waals surface area (Å²) < 4.78 is 11.9. The molecule has 0 atom stereocenters. The number of carbonyl (C=O) groups is 1. The molecule has 322 valence electrons. The summed E-state index contributed by atoms with van der Waals surface area (Å²) in [5.74, 6) is 4.11. The van der Waals surface area contributed by atoms with Gasteiger partial charge in [-0.3, -0.25) is 0 Å². The summed E-state index contributed by atoms with van der Waals surface area (Å²) in [5, 5.41) is 3.71. The Labute approximate surface area is 384 Å². The van der Waals surface area contributed by atoms with Gasteiger partial charge in [-0.05, 0) is 0 Å². The first-order chi connectivity index (χ1) is 30.0. The van der Waals surface area contributed by atoms with Crippen molar-refractivity contribution in [3.8, 4) is 0 Å². The molecule has 6 bridgehead atoms. The fraction of sp³-hybridized carbons (Fsp3) is 0.340. The topological polar surface area (TPSA) is 110 Å². The molecule has 6 aromatic rings. The molecule has 0 amide bonds. The Morgan fingerprint density at radius 3 is 1.39 bits per heavy atom. The Balaban J connectivity index is 1.47. The van der Waals surface area contributed by atoms with E-state index in [2.05, 4.69) is 161 Å². The van der Waals surface area contributed by atoms with Crippen molar-refractivity contribution >= 4 is 84.8 Å². The number of nitrogens with zero attached hydrogens (tertiary/aromatic N) is 8. The summed E-state index contributed by atoms with van der Waals surface area (Å²) in [6.45, 7) is 30.1. The standard InChI is InChI=1S/C48H48N8.C5H8O2.In/c1-45(2,3)25-13-17-29-33(21-25)41-49-37(29)54-42-35-23-27(47(7,8)9)15-19-31(35)39(51-42)56-44-36-24-28(48(10,11)12)16-20-32(36)40(52-44)55-43-34-22-26(46(4,5)6)14-18-30(34)38(50-43)53-41;1-4(6)3-5(2)7;/h13-24H,1-12H3;3,6H,1-2H3;/q-2;;+3/p-1/b;4-3+;. The second-order valence-corrected chi connectivity index (χ2v) is 27.3. The molecule has 64 heavy (non-hydrogen) atoms. The van der Waals surface area contributed by atoms with Crippen molar-refractivity contribution in [3.63, 3.8) is 0 Å². The van der Waals surface area contributed by atoms with Gasteiger partial charge in [-0.2, -0.15) is 0 Å². The zero-order valence-corrected chi connectivity index (χ0v) is 42.8. The van der Waals surface area contributed by atoms with Gasteiger partial charge in [0.1, 0.15) is 0 Å². The maximum atomic E-state index is 12.8. The first-order valence-electron chi connectivity index (χ1n) is 22.3. The molecular formula is C53H55InN8O2. The molecule has 0 N–H and O–H groups in total. The molecule has 0 saturated heterocycles. The van der Waals surface area contributed by atoms with Gasteiger partial charge < -0.3 is 0 Å². The Hall–Kier alpha value is -5.68. The summed E-state index contributed by atoms with van der Waals surface area (Å²) in [7, 11) is 0. The minimum atomic E-state index is -4.38. The van der Waals surface area contributed by atoms with Crippen LogP contribution in [0.3, 0.4) is 0 Å². The average Bonchev–Trinajstić information content (AvgIpc) is 3.90. The van der Waals surface area contributed by atoms with Crippen LogP contribution in [0.15, 0.2) is 115 Å². The van der Waals surface area contributed by atoms with Gasteiger partial charge in [0.25, 0.3) is 0 Å². The Bertz CT molecular complexity index is 3380. The van der Waals surface area contributed by atoms with Crippen LogP contribution in [-0.2, 0) is 29.3 Å². The summed E-state index contributed by atoms with van der Waals surface area (Å²) in [5.41, 5.74) is 9.18. The molecule has 0 spiro atoms. The van der Waals surface area contributed by atoms with Crippen LogP contribution in [0, 0.1) is 0 Å². The fourth-order valence-corrected chi connectivity index (χ4v) is 16.1. The van der Waals surface area contributed by atoms with Crippen LogP contribution in [0.1, 0.15) is 141 Å². The van der Waals surface area contributed by atoms with Gasteiger partial charge in [-0.15, -0.1) is 0 Å². The number of fused-ring (bicyclic) bond motifs is 14. The number of hydrogen-bond donors (Lipinski definition) is 0. The predicted molar refractivity (Wildman–Crippen MR) is 261 cm³/mol. The van der Waals surface area contributed by atoms with Crippen LogP contribution < -0.4 is 11.0 Å². The Morgan fingerprint density at radius 1 is 0.469 bits per heavy atom. The molecule has 0 fully saturated rings. The number of hydrogen-bond acceptors (Lipinski definition) is 8. The van der Waals surface area contributed by atoms with Crippen molar-refractivity contribution in [2.45, 2.75) is 119 Å². The molecule has 4 aliphatic rings. The van der Waals surface area contributed by atoms with Gasteiger partial charge in [-0.1, -0.05) is 0 Å². The van der Waals surface area contributed by atoms with E-state index in [-0.39, 0.29) is 27.4 Å². The van der Waals surface area contributed by atoms with E-state index in [1.165, 1.54) is 11.1 Å². The van der Waals surface area contributed by atoms with Crippen LogP contribution in [0.4, 0.5) is 11.6 Å². The van der Waals surface area contributed by atoms with Crippen LogP contribution in [-0.4, -0.2) is 56.7 Å². The van der Waals surface area contributed by atoms with Crippen molar-refractivity contribution in [1.29, 1.82) is 0 Å². The van der Waals surface area contributed by atoms with Gasteiger partial charge in [0.15, 0.2) is 0 Å². The van der Waals surface area contributed by atoms with Crippen molar-refractivity contribution in [2.75, 3.05) is 0 Å². The summed E-state index contributed by atoms with van der Waals surface area (Å²) >= 11 is -4.38. The average molecular weight is 951 g/mol. The van der Waals surface area contributed by atoms with E-state index in [4.69, 9.17) is 32.8 Å². The fourth-order valence-electron chi connectivity index (χ4n) is 9.05. The molecule has 4 aliphatic heterocycles. The quantitative estimate of drug-likeness (QED) is 0.130.